The van der Waals surface area contributed by atoms with Gasteiger partial charge >= 0.3 is 5.69 Å². The average molecular weight is 496 g/mol. The summed E-state index contributed by atoms with van der Waals surface area (Å²) in [5.74, 6) is -1.55. The third kappa shape index (κ3) is 3.99. The van der Waals surface area contributed by atoms with Gasteiger partial charge in [-0.05, 0) is 60.5 Å². The molecule has 0 radical (unpaired) electrons. The molecule has 2 aromatic heterocycles. The van der Waals surface area contributed by atoms with Crippen molar-refractivity contribution in [2.45, 2.75) is 26.4 Å². The SMILES string of the molecule is CC(=O)N1CCc2c(sc3c2c(=O)n(-c2ccc(F)cc2)c(=O)n3CC(=O)c2ccc(F)cc2)C1. The molecule has 0 bridgehead atoms. The smallest absolute Gasteiger partial charge is 0.337 e. The first-order chi connectivity index (χ1) is 16.7. The van der Waals surface area contributed by atoms with E-state index in [1.807, 2.05) is 0 Å². The van der Waals surface area contributed by atoms with E-state index in [1.165, 1.54) is 47.1 Å². The summed E-state index contributed by atoms with van der Waals surface area (Å²) in [5, 5.41) is 0.309. The highest BCUT2D eigenvalue weighted by atomic mass is 32.1. The molecule has 178 valence electrons. The summed E-state index contributed by atoms with van der Waals surface area (Å²) in [6.07, 6.45) is 0.428. The molecule has 10 heteroatoms. The van der Waals surface area contributed by atoms with Crippen molar-refractivity contribution in [3.63, 3.8) is 0 Å². The van der Waals surface area contributed by atoms with Crippen molar-refractivity contribution >= 4 is 33.2 Å². The van der Waals surface area contributed by atoms with Gasteiger partial charge in [-0.25, -0.2) is 18.1 Å². The molecule has 0 saturated heterocycles. The zero-order valence-corrected chi connectivity index (χ0v) is 19.4. The van der Waals surface area contributed by atoms with E-state index in [-0.39, 0.29) is 23.7 Å². The number of nitrogens with zero attached hydrogens (tertiary/aromatic N) is 3. The fourth-order valence-electron chi connectivity index (χ4n) is 4.30. The maximum absolute atomic E-state index is 13.6. The Morgan fingerprint density at radius 2 is 1.60 bits per heavy atom. The lowest BCUT2D eigenvalue weighted by Gasteiger charge is -2.25. The Kier molecular flexibility index (Phi) is 5.68. The number of carbonyl (C=O) groups is 2. The Morgan fingerprint density at radius 1 is 0.971 bits per heavy atom. The molecule has 0 saturated carbocycles. The number of benzene rings is 2. The van der Waals surface area contributed by atoms with Crippen LogP contribution in [0.5, 0.6) is 0 Å². The number of thiophene rings is 1. The van der Waals surface area contributed by atoms with Crippen molar-refractivity contribution in [3.05, 3.63) is 97.0 Å². The first-order valence-electron chi connectivity index (χ1n) is 10.8. The number of hydrogen-bond donors (Lipinski definition) is 0. The minimum atomic E-state index is -0.744. The zero-order chi connectivity index (χ0) is 24.9. The van der Waals surface area contributed by atoms with E-state index in [0.717, 1.165) is 39.3 Å². The molecule has 0 fully saturated rings. The Hall–Kier alpha value is -3.92. The summed E-state index contributed by atoms with van der Waals surface area (Å²) in [7, 11) is 0. The van der Waals surface area contributed by atoms with Gasteiger partial charge in [-0.3, -0.25) is 19.0 Å². The number of aromatic nitrogens is 2. The van der Waals surface area contributed by atoms with Gasteiger partial charge < -0.3 is 4.90 Å². The monoisotopic (exact) mass is 495 g/mol. The van der Waals surface area contributed by atoms with Crippen molar-refractivity contribution in [1.29, 1.82) is 0 Å². The minimum absolute atomic E-state index is 0.0966. The normalized spacial score (nSPS) is 13.2. The highest BCUT2D eigenvalue weighted by Crippen LogP contribution is 2.33. The molecule has 1 aliphatic rings. The number of Topliss-reactive ketones (excluding diaryl/α,β-unsaturated/α-hetero) is 1. The molecule has 0 spiro atoms. The Balaban J connectivity index is 1.74. The van der Waals surface area contributed by atoms with E-state index in [2.05, 4.69) is 0 Å². The lowest BCUT2D eigenvalue weighted by atomic mass is 10.1. The highest BCUT2D eigenvalue weighted by Gasteiger charge is 2.28. The predicted molar refractivity (Wildman–Crippen MR) is 127 cm³/mol. The van der Waals surface area contributed by atoms with E-state index in [1.54, 1.807) is 4.90 Å². The van der Waals surface area contributed by atoms with Crippen LogP contribution in [0.2, 0.25) is 0 Å². The van der Waals surface area contributed by atoms with Crippen molar-refractivity contribution in [3.8, 4) is 5.69 Å². The van der Waals surface area contributed by atoms with Crippen molar-refractivity contribution in [1.82, 2.24) is 14.0 Å². The van der Waals surface area contributed by atoms with Gasteiger partial charge in [0.05, 0.1) is 24.2 Å². The quantitative estimate of drug-likeness (QED) is 0.407. The van der Waals surface area contributed by atoms with Crippen LogP contribution in [0.4, 0.5) is 8.78 Å². The molecule has 7 nitrogen and oxygen atoms in total. The molecular weight excluding hydrogens is 476 g/mol. The minimum Gasteiger partial charge on any atom is -0.337 e. The fourth-order valence-corrected chi connectivity index (χ4v) is 5.65. The lowest BCUT2D eigenvalue weighted by Crippen LogP contribution is -2.40. The molecule has 4 aromatic rings. The average Bonchev–Trinajstić information content (AvgIpc) is 3.22. The summed E-state index contributed by atoms with van der Waals surface area (Å²) < 4.78 is 29.0. The first kappa shape index (κ1) is 22.9. The number of hydrogen-bond acceptors (Lipinski definition) is 5. The second kappa shape index (κ2) is 8.70. The largest absolute Gasteiger partial charge is 0.337 e. The van der Waals surface area contributed by atoms with Gasteiger partial charge in [-0.15, -0.1) is 11.3 Å². The molecule has 1 amide bonds. The van der Waals surface area contributed by atoms with Crippen molar-refractivity contribution in [2.24, 2.45) is 0 Å². The van der Waals surface area contributed by atoms with Crippen LogP contribution in [0.15, 0.2) is 58.1 Å². The predicted octanol–water partition coefficient (Wildman–Crippen LogP) is 3.28. The third-order valence-corrected chi connectivity index (χ3v) is 7.36. The van der Waals surface area contributed by atoms with Gasteiger partial charge in [0.25, 0.3) is 5.56 Å². The van der Waals surface area contributed by atoms with Gasteiger partial charge in [-0.2, -0.15) is 0 Å². The van der Waals surface area contributed by atoms with E-state index in [0.29, 0.717) is 29.7 Å². The fraction of sp³-hybridized carbons (Fsp3) is 0.200. The molecule has 2 aromatic carbocycles. The number of fused-ring (bicyclic) bond motifs is 3. The standard InChI is InChI=1S/C25H19F2N3O4S/c1-14(31)28-11-10-19-21(13-28)35-24-22(19)23(33)30(18-8-6-17(27)7-9-18)25(34)29(24)12-20(32)15-2-4-16(26)5-3-15/h2-9H,10-13H2,1H3. The molecule has 1 aliphatic heterocycles. The van der Waals surface area contributed by atoms with Crippen LogP contribution in [0.3, 0.4) is 0 Å². The second-order valence-corrected chi connectivity index (χ2v) is 9.37. The van der Waals surface area contributed by atoms with Crippen molar-refractivity contribution in [2.75, 3.05) is 6.54 Å². The number of ketones is 1. The molecule has 35 heavy (non-hydrogen) atoms. The van der Waals surface area contributed by atoms with Crippen LogP contribution in [0.1, 0.15) is 27.7 Å². The van der Waals surface area contributed by atoms with E-state index in [4.69, 9.17) is 0 Å². The Labute approximate surface area is 201 Å². The molecular formula is C25H19F2N3O4S. The molecule has 0 atom stereocenters. The van der Waals surface area contributed by atoms with Crippen LogP contribution >= 0.6 is 11.3 Å². The zero-order valence-electron chi connectivity index (χ0n) is 18.6. The van der Waals surface area contributed by atoms with Crippen molar-refractivity contribution < 1.29 is 18.4 Å². The molecule has 0 N–H and O–H groups in total. The van der Waals surface area contributed by atoms with E-state index >= 15 is 0 Å². The topological polar surface area (TPSA) is 81.4 Å². The summed E-state index contributed by atoms with van der Waals surface area (Å²) in [6.45, 7) is 1.83. The van der Waals surface area contributed by atoms with Gasteiger partial charge in [-0.1, -0.05) is 0 Å². The summed E-state index contributed by atoms with van der Waals surface area (Å²) >= 11 is 1.21. The second-order valence-electron chi connectivity index (χ2n) is 8.29. The van der Waals surface area contributed by atoms with Gasteiger partial charge in [0.1, 0.15) is 16.5 Å². The Bertz CT molecular complexity index is 1600. The lowest BCUT2D eigenvalue weighted by molar-refractivity contribution is -0.129. The van der Waals surface area contributed by atoms with Gasteiger partial charge in [0, 0.05) is 23.9 Å². The van der Waals surface area contributed by atoms with Crippen LogP contribution in [-0.4, -0.2) is 32.3 Å². The van der Waals surface area contributed by atoms with E-state index in [9.17, 15) is 28.0 Å². The van der Waals surface area contributed by atoms with E-state index < -0.39 is 28.7 Å². The first-order valence-corrected chi connectivity index (χ1v) is 11.7. The molecule has 3 heterocycles. The number of halogens is 2. The number of amides is 1. The third-order valence-electron chi connectivity index (χ3n) is 6.12. The molecule has 0 aliphatic carbocycles. The molecule has 5 rings (SSSR count). The summed E-state index contributed by atoms with van der Waals surface area (Å²) in [4.78, 5) is 54.8. The maximum atomic E-state index is 13.6. The van der Waals surface area contributed by atoms with Crippen LogP contribution < -0.4 is 11.2 Å². The Morgan fingerprint density at radius 3 is 2.23 bits per heavy atom. The van der Waals surface area contributed by atoms with Crippen LogP contribution in [-0.2, 0) is 24.3 Å². The maximum Gasteiger partial charge on any atom is 0.337 e. The summed E-state index contributed by atoms with van der Waals surface area (Å²) in [5.41, 5.74) is -0.170. The number of carbonyl (C=O) groups excluding carboxylic acids is 2. The van der Waals surface area contributed by atoms with Gasteiger partial charge in [0.15, 0.2) is 5.78 Å². The molecule has 0 unspecified atom stereocenters. The van der Waals surface area contributed by atoms with Crippen LogP contribution in [0.25, 0.3) is 15.9 Å². The van der Waals surface area contributed by atoms with Gasteiger partial charge in [0.2, 0.25) is 5.91 Å². The highest BCUT2D eigenvalue weighted by molar-refractivity contribution is 7.18. The summed E-state index contributed by atoms with van der Waals surface area (Å²) in [6, 6.07) is 9.93. The van der Waals surface area contributed by atoms with Crippen LogP contribution in [0, 0.1) is 11.6 Å². The number of rotatable bonds is 4.